The highest BCUT2D eigenvalue weighted by molar-refractivity contribution is 5.40. The molecule has 3 rings (SSSR count). The van der Waals surface area contributed by atoms with Gasteiger partial charge in [0.1, 0.15) is 0 Å². The van der Waals surface area contributed by atoms with E-state index in [1.165, 1.54) is 44.9 Å². The number of benzene rings is 1. The summed E-state index contributed by atoms with van der Waals surface area (Å²) in [6.45, 7) is 5.80. The molecule has 1 aliphatic carbocycles. The van der Waals surface area contributed by atoms with E-state index in [9.17, 15) is 0 Å². The molecular weight excluding hydrogens is 242 g/mol. The highest BCUT2D eigenvalue weighted by Gasteiger charge is 2.49. The van der Waals surface area contributed by atoms with E-state index in [0.29, 0.717) is 0 Å². The lowest BCUT2D eigenvalue weighted by Gasteiger charge is -2.44. The second-order valence-corrected chi connectivity index (χ2v) is 6.75. The van der Waals surface area contributed by atoms with E-state index >= 15 is 0 Å². The molecule has 1 nitrogen and oxygen atoms in total. The van der Waals surface area contributed by atoms with Gasteiger partial charge in [-0.05, 0) is 42.2 Å². The Bertz CT molecular complexity index is 447. The Morgan fingerprint density at radius 3 is 2.65 bits per heavy atom. The minimum Gasteiger partial charge on any atom is -0.303 e. The summed E-state index contributed by atoms with van der Waals surface area (Å²) in [5, 5.41) is 4.01. The summed E-state index contributed by atoms with van der Waals surface area (Å²) in [6, 6.07) is 9.18. The van der Waals surface area contributed by atoms with E-state index < -0.39 is 0 Å². The predicted molar refractivity (Wildman–Crippen MR) is 85.6 cm³/mol. The van der Waals surface area contributed by atoms with Crippen molar-refractivity contribution in [1.82, 2.24) is 5.32 Å². The van der Waals surface area contributed by atoms with Crippen molar-refractivity contribution in [2.45, 2.75) is 70.9 Å². The predicted octanol–water partition coefficient (Wildman–Crippen LogP) is 5.00. The van der Waals surface area contributed by atoms with Crippen LogP contribution in [-0.4, -0.2) is 0 Å². The number of rotatable bonds is 5. The lowest BCUT2D eigenvalue weighted by Crippen LogP contribution is -2.49. The van der Waals surface area contributed by atoms with Crippen LogP contribution in [-0.2, 0) is 12.1 Å². The van der Waals surface area contributed by atoms with Gasteiger partial charge in [-0.15, -0.1) is 0 Å². The van der Waals surface area contributed by atoms with Gasteiger partial charge in [-0.3, -0.25) is 0 Å². The molecule has 2 unspecified atom stereocenters. The van der Waals surface area contributed by atoms with Crippen molar-refractivity contribution in [1.29, 1.82) is 0 Å². The largest absolute Gasteiger partial charge is 0.303 e. The van der Waals surface area contributed by atoms with Gasteiger partial charge in [0, 0.05) is 12.1 Å². The topological polar surface area (TPSA) is 12.0 Å². The van der Waals surface area contributed by atoms with Crippen molar-refractivity contribution in [3.8, 4) is 0 Å². The summed E-state index contributed by atoms with van der Waals surface area (Å²) in [6.07, 6.45) is 9.65. The van der Waals surface area contributed by atoms with Crippen molar-refractivity contribution < 1.29 is 0 Å². The van der Waals surface area contributed by atoms with E-state index in [1.54, 1.807) is 11.1 Å². The molecule has 0 aromatic heterocycles. The van der Waals surface area contributed by atoms with Gasteiger partial charge < -0.3 is 5.32 Å². The van der Waals surface area contributed by atoms with Gasteiger partial charge in [-0.2, -0.15) is 0 Å². The molecule has 1 aliphatic heterocycles. The molecule has 110 valence electrons. The highest BCUT2D eigenvalue weighted by atomic mass is 15.0. The molecule has 1 heteroatoms. The molecule has 1 saturated carbocycles. The standard InChI is InChI=1S/C19H29N/c1-3-9-16(4-2)19(17-11-6-7-12-17)18-13-8-5-10-15(18)14-20-19/h5,8,10,13,16-17,20H,3-4,6-7,9,11-12,14H2,1-2H3. The molecule has 0 radical (unpaired) electrons. The highest BCUT2D eigenvalue weighted by Crippen LogP contribution is 2.51. The van der Waals surface area contributed by atoms with Crippen LogP contribution < -0.4 is 5.32 Å². The van der Waals surface area contributed by atoms with E-state index in [-0.39, 0.29) is 5.54 Å². The average molecular weight is 271 g/mol. The van der Waals surface area contributed by atoms with Crippen LogP contribution in [0.15, 0.2) is 24.3 Å². The van der Waals surface area contributed by atoms with Crippen LogP contribution in [0.1, 0.15) is 69.9 Å². The molecule has 0 amide bonds. The molecule has 1 fully saturated rings. The molecule has 0 bridgehead atoms. The summed E-state index contributed by atoms with van der Waals surface area (Å²) < 4.78 is 0. The van der Waals surface area contributed by atoms with Crippen LogP contribution in [0.4, 0.5) is 0 Å². The van der Waals surface area contributed by atoms with Crippen molar-refractivity contribution in [3.63, 3.8) is 0 Å². The van der Waals surface area contributed by atoms with Crippen molar-refractivity contribution in [2.24, 2.45) is 11.8 Å². The summed E-state index contributed by atoms with van der Waals surface area (Å²) in [5.74, 6) is 1.64. The van der Waals surface area contributed by atoms with Gasteiger partial charge in [0.05, 0.1) is 0 Å². The lowest BCUT2D eigenvalue weighted by atomic mass is 9.67. The molecule has 1 aromatic carbocycles. The maximum Gasteiger partial charge on any atom is 0.0497 e. The Balaban J connectivity index is 2.04. The molecule has 1 aromatic rings. The molecule has 2 aliphatic rings. The monoisotopic (exact) mass is 271 g/mol. The quantitative estimate of drug-likeness (QED) is 0.794. The summed E-state index contributed by atoms with van der Waals surface area (Å²) in [4.78, 5) is 0. The zero-order valence-corrected chi connectivity index (χ0v) is 13.1. The first-order chi connectivity index (χ1) is 9.82. The maximum absolute atomic E-state index is 4.01. The van der Waals surface area contributed by atoms with Crippen LogP contribution in [0.5, 0.6) is 0 Å². The Hall–Kier alpha value is -0.820. The zero-order valence-electron chi connectivity index (χ0n) is 13.1. The van der Waals surface area contributed by atoms with Gasteiger partial charge in [0.25, 0.3) is 0 Å². The molecule has 1 heterocycles. The van der Waals surface area contributed by atoms with Crippen LogP contribution in [0.25, 0.3) is 0 Å². The second kappa shape index (κ2) is 5.89. The van der Waals surface area contributed by atoms with Gasteiger partial charge in [-0.1, -0.05) is 63.8 Å². The maximum atomic E-state index is 4.01. The van der Waals surface area contributed by atoms with Crippen molar-refractivity contribution in [2.75, 3.05) is 0 Å². The van der Waals surface area contributed by atoms with Crippen molar-refractivity contribution >= 4 is 0 Å². The van der Waals surface area contributed by atoms with Gasteiger partial charge in [0.2, 0.25) is 0 Å². The number of nitrogens with one attached hydrogen (secondary N) is 1. The zero-order chi connectivity index (χ0) is 14.0. The molecule has 2 atom stereocenters. The number of hydrogen-bond acceptors (Lipinski definition) is 1. The van der Waals surface area contributed by atoms with Gasteiger partial charge >= 0.3 is 0 Å². The minimum atomic E-state index is 0.276. The third-order valence-corrected chi connectivity index (χ3v) is 5.81. The third kappa shape index (κ3) is 2.11. The number of fused-ring (bicyclic) bond motifs is 1. The second-order valence-electron chi connectivity index (χ2n) is 6.75. The third-order valence-electron chi connectivity index (χ3n) is 5.81. The fourth-order valence-corrected chi connectivity index (χ4v) is 4.96. The van der Waals surface area contributed by atoms with Crippen LogP contribution >= 0.6 is 0 Å². The normalized spacial score (nSPS) is 27.7. The number of hydrogen-bond donors (Lipinski definition) is 1. The summed E-state index contributed by atoms with van der Waals surface area (Å²) in [7, 11) is 0. The minimum absolute atomic E-state index is 0.276. The molecule has 1 N–H and O–H groups in total. The Morgan fingerprint density at radius 2 is 1.95 bits per heavy atom. The smallest absolute Gasteiger partial charge is 0.0497 e. The van der Waals surface area contributed by atoms with Gasteiger partial charge in [-0.25, -0.2) is 0 Å². The Labute approximate surface area is 124 Å². The van der Waals surface area contributed by atoms with E-state index in [1.807, 2.05) is 0 Å². The molecule has 20 heavy (non-hydrogen) atoms. The van der Waals surface area contributed by atoms with Crippen LogP contribution in [0, 0.1) is 11.8 Å². The van der Waals surface area contributed by atoms with Gasteiger partial charge in [0.15, 0.2) is 0 Å². The first-order valence-corrected chi connectivity index (χ1v) is 8.66. The summed E-state index contributed by atoms with van der Waals surface area (Å²) >= 11 is 0. The first kappa shape index (κ1) is 14.1. The first-order valence-electron chi connectivity index (χ1n) is 8.66. The SMILES string of the molecule is CCCC(CC)C1(C2CCCC2)NCc2ccccc21. The molecular formula is C19H29N. The van der Waals surface area contributed by atoms with Crippen molar-refractivity contribution in [3.05, 3.63) is 35.4 Å². The van der Waals surface area contributed by atoms with E-state index in [2.05, 4.69) is 43.4 Å². The Morgan fingerprint density at radius 1 is 1.20 bits per heavy atom. The average Bonchev–Trinajstić information content (AvgIpc) is 3.13. The molecule has 0 saturated heterocycles. The fourth-order valence-electron chi connectivity index (χ4n) is 4.96. The summed E-state index contributed by atoms with van der Waals surface area (Å²) in [5.41, 5.74) is 3.46. The van der Waals surface area contributed by atoms with Crippen LogP contribution in [0.3, 0.4) is 0 Å². The van der Waals surface area contributed by atoms with Crippen LogP contribution in [0.2, 0.25) is 0 Å². The molecule has 0 spiro atoms. The lowest BCUT2D eigenvalue weighted by molar-refractivity contribution is 0.122. The van der Waals surface area contributed by atoms with E-state index in [4.69, 9.17) is 0 Å². The fraction of sp³-hybridized carbons (Fsp3) is 0.684. The van der Waals surface area contributed by atoms with E-state index in [0.717, 1.165) is 18.4 Å². The Kier molecular flexibility index (Phi) is 4.16.